The van der Waals surface area contributed by atoms with Crippen LogP contribution in [0.15, 0.2) is 24.3 Å². The molecule has 0 heterocycles. The fourth-order valence-electron chi connectivity index (χ4n) is 1.17. The smallest absolute Gasteiger partial charge is 0.166 e. The number of rotatable bonds is 5. The Balaban J connectivity index is 2.26. The maximum absolute atomic E-state index is 12.7. The second-order valence-corrected chi connectivity index (χ2v) is 4.14. The molecule has 0 aromatic heterocycles. The maximum atomic E-state index is 12.7. The molecule has 0 aliphatic rings. The van der Waals surface area contributed by atoms with Gasteiger partial charge < -0.3 is 15.4 Å². The Morgan fingerprint density at radius 3 is 2.59 bits per heavy atom. The highest BCUT2D eigenvalue weighted by Gasteiger charge is 2.01. The molecule has 0 saturated carbocycles. The van der Waals surface area contributed by atoms with Crippen molar-refractivity contribution in [3.05, 3.63) is 35.6 Å². The Hall–Kier alpha value is -1.20. The van der Waals surface area contributed by atoms with Gasteiger partial charge in [-0.05, 0) is 36.8 Å². The predicted molar refractivity (Wildman–Crippen MR) is 70.3 cm³/mol. The van der Waals surface area contributed by atoms with Crippen LogP contribution >= 0.6 is 12.2 Å². The van der Waals surface area contributed by atoms with Crippen LogP contribution in [0.2, 0.25) is 0 Å². The van der Waals surface area contributed by atoms with E-state index >= 15 is 0 Å². The molecule has 0 spiro atoms. The van der Waals surface area contributed by atoms with Crippen molar-refractivity contribution < 1.29 is 9.13 Å². The number of hydrogen-bond donors (Lipinski definition) is 2. The normalized spacial score (nSPS) is 11.9. The van der Waals surface area contributed by atoms with E-state index in [1.807, 2.05) is 6.92 Å². The lowest BCUT2D eigenvalue weighted by Gasteiger charge is -2.13. The van der Waals surface area contributed by atoms with E-state index < -0.39 is 0 Å². The third-order valence-electron chi connectivity index (χ3n) is 2.32. The highest BCUT2D eigenvalue weighted by Crippen LogP contribution is 2.01. The van der Waals surface area contributed by atoms with Gasteiger partial charge in [0.1, 0.15) is 5.82 Å². The monoisotopic (exact) mass is 256 g/mol. The van der Waals surface area contributed by atoms with Crippen molar-refractivity contribution in [1.82, 2.24) is 10.6 Å². The molecule has 0 radical (unpaired) electrons. The fraction of sp³-hybridized carbons (Fsp3) is 0.417. The Bertz CT molecular complexity index is 356. The van der Waals surface area contributed by atoms with Crippen molar-refractivity contribution in [2.24, 2.45) is 0 Å². The molecule has 0 saturated heterocycles. The molecule has 0 bridgehead atoms. The standard InChI is InChI=1S/C12H17FN2OS/c1-9(16-2)7-14-12(17)15-8-10-3-5-11(13)6-4-10/h3-6,9H,7-8H2,1-2H3,(H2,14,15,17). The minimum atomic E-state index is -0.233. The number of halogens is 1. The highest BCUT2D eigenvalue weighted by atomic mass is 32.1. The lowest BCUT2D eigenvalue weighted by Crippen LogP contribution is -2.38. The molecule has 3 nitrogen and oxygen atoms in total. The van der Waals surface area contributed by atoms with Crippen LogP contribution in [0, 0.1) is 5.82 Å². The third-order valence-corrected chi connectivity index (χ3v) is 2.61. The van der Waals surface area contributed by atoms with Crippen molar-refractivity contribution in [2.45, 2.75) is 19.6 Å². The number of thiocarbonyl (C=S) groups is 1. The van der Waals surface area contributed by atoms with E-state index in [-0.39, 0.29) is 11.9 Å². The lowest BCUT2D eigenvalue weighted by molar-refractivity contribution is 0.121. The predicted octanol–water partition coefficient (Wildman–Crippen LogP) is 1.82. The zero-order valence-electron chi connectivity index (χ0n) is 10.00. The molecular weight excluding hydrogens is 239 g/mol. The molecule has 1 aromatic carbocycles. The van der Waals surface area contributed by atoms with Crippen LogP contribution in [0.25, 0.3) is 0 Å². The summed E-state index contributed by atoms with van der Waals surface area (Å²) < 4.78 is 17.7. The number of hydrogen-bond acceptors (Lipinski definition) is 2. The number of benzene rings is 1. The second kappa shape index (κ2) is 7.19. The third kappa shape index (κ3) is 5.60. The highest BCUT2D eigenvalue weighted by molar-refractivity contribution is 7.80. The minimum Gasteiger partial charge on any atom is -0.380 e. The van der Waals surface area contributed by atoms with Gasteiger partial charge >= 0.3 is 0 Å². The van der Waals surface area contributed by atoms with E-state index in [2.05, 4.69) is 10.6 Å². The topological polar surface area (TPSA) is 33.3 Å². The molecule has 94 valence electrons. The summed E-state index contributed by atoms with van der Waals surface area (Å²) in [5, 5.41) is 6.64. The van der Waals surface area contributed by atoms with Crippen LogP contribution in [0.5, 0.6) is 0 Å². The van der Waals surface area contributed by atoms with Gasteiger partial charge in [-0.15, -0.1) is 0 Å². The minimum absolute atomic E-state index is 0.112. The summed E-state index contributed by atoms with van der Waals surface area (Å²) in [5.41, 5.74) is 0.982. The molecule has 1 aromatic rings. The summed E-state index contributed by atoms with van der Waals surface area (Å²) in [5.74, 6) is -0.233. The largest absolute Gasteiger partial charge is 0.380 e. The van der Waals surface area contributed by atoms with Gasteiger partial charge in [0, 0.05) is 20.2 Å². The summed E-state index contributed by atoms with van der Waals surface area (Å²) in [6.07, 6.45) is 0.112. The molecule has 0 aliphatic carbocycles. The number of nitrogens with one attached hydrogen (secondary N) is 2. The molecule has 1 rings (SSSR count). The SMILES string of the molecule is COC(C)CNC(=S)NCc1ccc(F)cc1. The van der Waals surface area contributed by atoms with Crippen LogP contribution < -0.4 is 10.6 Å². The van der Waals surface area contributed by atoms with Crippen LogP contribution in [-0.4, -0.2) is 24.9 Å². The molecule has 17 heavy (non-hydrogen) atoms. The quantitative estimate of drug-likeness (QED) is 0.787. The van der Waals surface area contributed by atoms with E-state index in [9.17, 15) is 4.39 Å². The Kier molecular flexibility index (Phi) is 5.86. The molecule has 5 heteroatoms. The summed E-state index contributed by atoms with van der Waals surface area (Å²) in [4.78, 5) is 0. The van der Waals surface area contributed by atoms with Gasteiger partial charge in [-0.25, -0.2) is 4.39 Å². The van der Waals surface area contributed by atoms with Crippen molar-refractivity contribution in [3.63, 3.8) is 0 Å². The van der Waals surface area contributed by atoms with E-state index in [0.717, 1.165) is 5.56 Å². The summed E-state index contributed by atoms with van der Waals surface area (Å²) in [7, 11) is 1.65. The zero-order chi connectivity index (χ0) is 12.7. The second-order valence-electron chi connectivity index (χ2n) is 3.74. The lowest BCUT2D eigenvalue weighted by atomic mass is 10.2. The number of ether oxygens (including phenoxy) is 1. The van der Waals surface area contributed by atoms with Crippen LogP contribution in [0.3, 0.4) is 0 Å². The Morgan fingerprint density at radius 1 is 1.35 bits per heavy atom. The average Bonchev–Trinajstić information content (AvgIpc) is 2.35. The molecule has 0 aliphatic heterocycles. The molecule has 1 atom stereocenters. The van der Waals surface area contributed by atoms with E-state index in [0.29, 0.717) is 18.2 Å². The van der Waals surface area contributed by atoms with Crippen molar-refractivity contribution >= 4 is 17.3 Å². The van der Waals surface area contributed by atoms with Gasteiger partial charge in [-0.1, -0.05) is 12.1 Å². The summed E-state index contributed by atoms with van der Waals surface area (Å²) in [6, 6.07) is 6.31. The fourth-order valence-corrected chi connectivity index (χ4v) is 1.32. The first-order chi connectivity index (χ1) is 8.11. The zero-order valence-corrected chi connectivity index (χ0v) is 10.8. The van der Waals surface area contributed by atoms with Gasteiger partial charge in [0.2, 0.25) is 0 Å². The molecule has 0 fully saturated rings. The van der Waals surface area contributed by atoms with E-state index in [4.69, 9.17) is 17.0 Å². The van der Waals surface area contributed by atoms with Crippen LogP contribution in [-0.2, 0) is 11.3 Å². The van der Waals surface area contributed by atoms with Gasteiger partial charge in [-0.2, -0.15) is 0 Å². The van der Waals surface area contributed by atoms with Gasteiger partial charge in [0.15, 0.2) is 5.11 Å². The Morgan fingerprint density at radius 2 is 2.00 bits per heavy atom. The number of methoxy groups -OCH3 is 1. The Labute approximate surface area is 106 Å². The molecule has 2 N–H and O–H groups in total. The van der Waals surface area contributed by atoms with E-state index in [1.54, 1.807) is 19.2 Å². The van der Waals surface area contributed by atoms with Crippen LogP contribution in [0.4, 0.5) is 4.39 Å². The first-order valence-corrected chi connectivity index (χ1v) is 5.81. The summed E-state index contributed by atoms with van der Waals surface area (Å²) in [6.45, 7) is 3.19. The maximum Gasteiger partial charge on any atom is 0.166 e. The first kappa shape index (κ1) is 13.9. The van der Waals surface area contributed by atoms with E-state index in [1.165, 1.54) is 12.1 Å². The first-order valence-electron chi connectivity index (χ1n) is 5.40. The molecular formula is C12H17FN2OS. The van der Waals surface area contributed by atoms with Gasteiger partial charge in [-0.3, -0.25) is 0 Å². The molecule has 0 amide bonds. The summed E-state index contributed by atoms with van der Waals surface area (Å²) >= 11 is 5.09. The molecule has 1 unspecified atom stereocenters. The van der Waals surface area contributed by atoms with Crippen molar-refractivity contribution in [3.8, 4) is 0 Å². The van der Waals surface area contributed by atoms with Crippen LogP contribution in [0.1, 0.15) is 12.5 Å². The van der Waals surface area contributed by atoms with Crippen molar-refractivity contribution in [2.75, 3.05) is 13.7 Å². The van der Waals surface area contributed by atoms with Gasteiger partial charge in [0.05, 0.1) is 6.10 Å². The average molecular weight is 256 g/mol. The van der Waals surface area contributed by atoms with Crippen molar-refractivity contribution in [1.29, 1.82) is 0 Å². The van der Waals surface area contributed by atoms with Gasteiger partial charge in [0.25, 0.3) is 0 Å².